The van der Waals surface area contributed by atoms with Crippen LogP contribution in [0.5, 0.6) is 0 Å². The number of nitrogens with one attached hydrogen (secondary N) is 2. The standard InChI is InChI=1S/C13H19N3O3/c1-4-19-12(17)5-6-14-13(18)16-11-8-9(2)7-10(3)15-11/h7-8H,4-6H2,1-3H3,(H2,14,15,16,18). The van der Waals surface area contributed by atoms with Gasteiger partial charge in [-0.1, -0.05) is 0 Å². The van der Waals surface area contributed by atoms with Crippen molar-refractivity contribution in [2.24, 2.45) is 0 Å². The quantitative estimate of drug-likeness (QED) is 0.795. The molecule has 1 rings (SSSR count). The summed E-state index contributed by atoms with van der Waals surface area (Å²) in [5.74, 6) is 0.165. The van der Waals surface area contributed by atoms with Gasteiger partial charge in [-0.15, -0.1) is 0 Å². The van der Waals surface area contributed by atoms with E-state index in [1.54, 1.807) is 13.0 Å². The van der Waals surface area contributed by atoms with Crippen LogP contribution in [0.1, 0.15) is 24.6 Å². The van der Waals surface area contributed by atoms with Crippen molar-refractivity contribution in [2.75, 3.05) is 18.5 Å². The van der Waals surface area contributed by atoms with Gasteiger partial charge in [-0.25, -0.2) is 9.78 Å². The Morgan fingerprint density at radius 3 is 2.68 bits per heavy atom. The molecular formula is C13H19N3O3. The third-order valence-electron chi connectivity index (χ3n) is 2.26. The molecule has 0 atom stereocenters. The second-order valence-electron chi connectivity index (χ2n) is 4.11. The molecule has 1 aromatic rings. The van der Waals surface area contributed by atoms with Gasteiger partial charge < -0.3 is 10.1 Å². The van der Waals surface area contributed by atoms with Gasteiger partial charge in [-0.05, 0) is 38.5 Å². The number of urea groups is 1. The predicted molar refractivity (Wildman–Crippen MR) is 72.0 cm³/mol. The Morgan fingerprint density at radius 1 is 1.32 bits per heavy atom. The van der Waals surface area contributed by atoms with Crippen LogP contribution in [-0.2, 0) is 9.53 Å². The van der Waals surface area contributed by atoms with Gasteiger partial charge in [0.05, 0.1) is 13.0 Å². The number of esters is 1. The first-order valence-electron chi connectivity index (χ1n) is 6.17. The third kappa shape index (κ3) is 5.85. The Hall–Kier alpha value is -2.11. The topological polar surface area (TPSA) is 80.3 Å². The normalized spacial score (nSPS) is 9.84. The highest BCUT2D eigenvalue weighted by Crippen LogP contribution is 2.08. The fraction of sp³-hybridized carbons (Fsp3) is 0.462. The van der Waals surface area contributed by atoms with Crippen LogP contribution in [0.4, 0.5) is 10.6 Å². The van der Waals surface area contributed by atoms with E-state index < -0.39 is 0 Å². The number of amides is 2. The average molecular weight is 265 g/mol. The maximum Gasteiger partial charge on any atom is 0.320 e. The van der Waals surface area contributed by atoms with E-state index in [0.717, 1.165) is 11.3 Å². The molecule has 0 aliphatic rings. The van der Waals surface area contributed by atoms with Crippen LogP contribution >= 0.6 is 0 Å². The fourth-order valence-corrected chi connectivity index (χ4v) is 1.58. The fourth-order valence-electron chi connectivity index (χ4n) is 1.58. The van der Waals surface area contributed by atoms with E-state index in [9.17, 15) is 9.59 Å². The molecule has 0 bridgehead atoms. The van der Waals surface area contributed by atoms with E-state index >= 15 is 0 Å². The van der Waals surface area contributed by atoms with Crippen molar-refractivity contribution in [3.63, 3.8) is 0 Å². The van der Waals surface area contributed by atoms with Crippen LogP contribution in [0, 0.1) is 13.8 Å². The summed E-state index contributed by atoms with van der Waals surface area (Å²) in [7, 11) is 0. The zero-order valence-corrected chi connectivity index (χ0v) is 11.4. The lowest BCUT2D eigenvalue weighted by Gasteiger charge is -2.08. The van der Waals surface area contributed by atoms with Crippen LogP contribution in [-0.4, -0.2) is 30.1 Å². The van der Waals surface area contributed by atoms with Crippen LogP contribution in [0.3, 0.4) is 0 Å². The van der Waals surface area contributed by atoms with Gasteiger partial charge in [-0.3, -0.25) is 10.1 Å². The minimum Gasteiger partial charge on any atom is -0.466 e. The number of aryl methyl sites for hydroxylation is 2. The minimum atomic E-state index is -0.387. The van der Waals surface area contributed by atoms with E-state index in [0.29, 0.717) is 12.4 Å². The molecule has 6 nitrogen and oxygen atoms in total. The number of aromatic nitrogens is 1. The van der Waals surface area contributed by atoms with Crippen LogP contribution in [0.2, 0.25) is 0 Å². The van der Waals surface area contributed by atoms with E-state index in [2.05, 4.69) is 15.6 Å². The molecule has 0 aliphatic heterocycles. The molecule has 6 heteroatoms. The molecule has 1 heterocycles. The van der Waals surface area contributed by atoms with Gasteiger partial charge in [0.2, 0.25) is 0 Å². The highest BCUT2D eigenvalue weighted by Gasteiger charge is 2.05. The molecule has 104 valence electrons. The van der Waals surface area contributed by atoms with E-state index in [1.165, 1.54) is 0 Å². The number of hydrogen-bond donors (Lipinski definition) is 2. The Labute approximate surface area is 112 Å². The van der Waals surface area contributed by atoms with E-state index in [4.69, 9.17) is 4.74 Å². The molecule has 0 aromatic carbocycles. The molecule has 0 aliphatic carbocycles. The predicted octanol–water partition coefficient (Wildman–Crippen LogP) is 1.77. The maximum atomic E-state index is 11.6. The maximum absolute atomic E-state index is 11.6. The summed E-state index contributed by atoms with van der Waals surface area (Å²) >= 11 is 0. The zero-order valence-electron chi connectivity index (χ0n) is 11.4. The number of carbonyl (C=O) groups is 2. The van der Waals surface area contributed by atoms with Gasteiger partial charge in [-0.2, -0.15) is 0 Å². The summed E-state index contributed by atoms with van der Waals surface area (Å²) in [6.45, 7) is 6.10. The number of anilines is 1. The van der Waals surface area contributed by atoms with Crippen molar-refractivity contribution in [1.82, 2.24) is 10.3 Å². The molecular weight excluding hydrogens is 246 g/mol. The van der Waals surface area contributed by atoms with Gasteiger partial charge in [0.25, 0.3) is 0 Å². The molecule has 0 saturated heterocycles. The number of hydrogen-bond acceptors (Lipinski definition) is 4. The Kier molecular flexibility index (Phi) is 5.78. The number of pyridine rings is 1. The van der Waals surface area contributed by atoms with Crippen molar-refractivity contribution in [1.29, 1.82) is 0 Å². The first kappa shape index (κ1) is 14.9. The molecule has 0 unspecified atom stereocenters. The molecule has 0 radical (unpaired) electrons. The Morgan fingerprint density at radius 2 is 2.05 bits per heavy atom. The summed E-state index contributed by atoms with van der Waals surface area (Å²) in [6.07, 6.45) is 0.154. The van der Waals surface area contributed by atoms with E-state index in [-0.39, 0.29) is 25.0 Å². The molecule has 0 saturated carbocycles. The summed E-state index contributed by atoms with van der Waals surface area (Å²) < 4.78 is 4.75. The smallest absolute Gasteiger partial charge is 0.320 e. The molecule has 1 aromatic heterocycles. The Balaban J connectivity index is 2.37. The van der Waals surface area contributed by atoms with Crippen LogP contribution in [0.15, 0.2) is 12.1 Å². The minimum absolute atomic E-state index is 0.154. The van der Waals surface area contributed by atoms with Gasteiger partial charge in [0.1, 0.15) is 5.82 Å². The lowest BCUT2D eigenvalue weighted by Crippen LogP contribution is -2.31. The number of nitrogens with zero attached hydrogens (tertiary/aromatic N) is 1. The summed E-state index contributed by atoms with van der Waals surface area (Å²) in [6, 6.07) is 3.31. The van der Waals surface area contributed by atoms with Crippen molar-refractivity contribution < 1.29 is 14.3 Å². The zero-order chi connectivity index (χ0) is 14.3. The lowest BCUT2D eigenvalue weighted by atomic mass is 10.2. The molecule has 19 heavy (non-hydrogen) atoms. The number of ether oxygens (including phenoxy) is 1. The van der Waals surface area contributed by atoms with Crippen LogP contribution in [0.25, 0.3) is 0 Å². The Bertz CT molecular complexity index is 440. The van der Waals surface area contributed by atoms with Crippen LogP contribution < -0.4 is 10.6 Å². The van der Waals surface area contributed by atoms with Crippen molar-refractivity contribution >= 4 is 17.8 Å². The average Bonchev–Trinajstić information content (AvgIpc) is 2.27. The van der Waals surface area contributed by atoms with Crippen molar-refractivity contribution in [3.8, 4) is 0 Å². The van der Waals surface area contributed by atoms with Crippen molar-refractivity contribution in [2.45, 2.75) is 27.2 Å². The van der Waals surface area contributed by atoms with Crippen molar-refractivity contribution in [3.05, 3.63) is 23.4 Å². The number of rotatable bonds is 5. The highest BCUT2D eigenvalue weighted by molar-refractivity contribution is 5.88. The van der Waals surface area contributed by atoms with E-state index in [1.807, 2.05) is 19.9 Å². The van der Waals surface area contributed by atoms with Gasteiger partial charge in [0, 0.05) is 12.2 Å². The lowest BCUT2D eigenvalue weighted by molar-refractivity contribution is -0.142. The molecule has 0 fully saturated rings. The summed E-state index contributed by atoms with van der Waals surface area (Å²) in [5.41, 5.74) is 1.86. The van der Waals surface area contributed by atoms with Gasteiger partial charge >= 0.3 is 12.0 Å². The second kappa shape index (κ2) is 7.35. The molecule has 0 spiro atoms. The SMILES string of the molecule is CCOC(=O)CCNC(=O)Nc1cc(C)cc(C)n1. The second-order valence-corrected chi connectivity index (χ2v) is 4.11. The molecule has 2 amide bonds. The largest absolute Gasteiger partial charge is 0.466 e. The summed E-state index contributed by atoms with van der Waals surface area (Å²) in [4.78, 5) is 26.8. The van der Waals surface area contributed by atoms with Gasteiger partial charge in [0.15, 0.2) is 0 Å². The third-order valence-corrected chi connectivity index (χ3v) is 2.26. The monoisotopic (exact) mass is 265 g/mol. The first-order chi connectivity index (χ1) is 9.01. The number of carbonyl (C=O) groups excluding carboxylic acids is 2. The highest BCUT2D eigenvalue weighted by atomic mass is 16.5. The molecule has 2 N–H and O–H groups in total. The first-order valence-corrected chi connectivity index (χ1v) is 6.17. The summed E-state index contributed by atoms with van der Waals surface area (Å²) in [5, 5.41) is 5.18.